The highest BCUT2D eigenvalue weighted by Crippen LogP contribution is 2.36. The van der Waals surface area contributed by atoms with E-state index in [1.807, 2.05) is 17.0 Å². The van der Waals surface area contributed by atoms with Crippen LogP contribution in [0.4, 0.5) is 0 Å². The number of piperidine rings is 1. The van der Waals surface area contributed by atoms with Crippen LogP contribution < -0.4 is 5.32 Å². The lowest BCUT2D eigenvalue weighted by Gasteiger charge is -2.52. The first kappa shape index (κ1) is 26.7. The van der Waals surface area contributed by atoms with Crippen molar-refractivity contribution in [3.8, 4) is 16.9 Å². The number of aromatic hydroxyl groups is 1. The minimum Gasteiger partial charge on any atom is -0.508 e. The zero-order chi connectivity index (χ0) is 26.5. The van der Waals surface area contributed by atoms with E-state index in [1.54, 1.807) is 12.1 Å². The normalized spacial score (nSPS) is 22.6. The molecule has 5 rings (SSSR count). The second-order valence-electron chi connectivity index (χ2n) is 11.7. The summed E-state index contributed by atoms with van der Waals surface area (Å²) in [6, 6.07) is 15.4. The van der Waals surface area contributed by atoms with E-state index in [-0.39, 0.29) is 23.6 Å². The second kappa shape index (κ2) is 11.9. The molecular weight excluding hydrogens is 474 g/mol. The van der Waals surface area contributed by atoms with Gasteiger partial charge in [0, 0.05) is 26.2 Å². The molecule has 2 N–H and O–H groups in total. The molecule has 38 heavy (non-hydrogen) atoms. The number of nitrogens with zero attached hydrogens (tertiary/aromatic N) is 2. The summed E-state index contributed by atoms with van der Waals surface area (Å²) in [6.45, 7) is 5.20. The summed E-state index contributed by atoms with van der Waals surface area (Å²) in [5, 5.41) is 13.1. The van der Waals surface area contributed by atoms with E-state index >= 15 is 0 Å². The first-order valence-electron chi connectivity index (χ1n) is 14.7. The van der Waals surface area contributed by atoms with Crippen molar-refractivity contribution in [1.29, 1.82) is 0 Å². The summed E-state index contributed by atoms with van der Waals surface area (Å²) in [6.07, 6.45) is 10.2. The predicted molar refractivity (Wildman–Crippen MR) is 151 cm³/mol. The van der Waals surface area contributed by atoms with E-state index in [2.05, 4.69) is 41.4 Å². The Kier molecular flexibility index (Phi) is 8.37. The van der Waals surface area contributed by atoms with Crippen LogP contribution in [0.5, 0.6) is 5.75 Å². The van der Waals surface area contributed by atoms with Crippen LogP contribution in [0.25, 0.3) is 11.1 Å². The Balaban J connectivity index is 1.26. The molecular formula is C32H43N3O3. The molecule has 0 bridgehead atoms. The van der Waals surface area contributed by atoms with Crippen LogP contribution in [0.2, 0.25) is 0 Å². The van der Waals surface area contributed by atoms with Crippen molar-refractivity contribution in [2.45, 2.75) is 89.3 Å². The molecule has 1 atom stereocenters. The summed E-state index contributed by atoms with van der Waals surface area (Å²) in [5.74, 6) is 1.04. The predicted octanol–water partition coefficient (Wildman–Crippen LogP) is 5.49. The number of amides is 2. The second-order valence-corrected chi connectivity index (χ2v) is 11.7. The van der Waals surface area contributed by atoms with E-state index in [0.717, 1.165) is 50.0 Å². The Bertz CT molecular complexity index is 1120. The number of phenolic OH excluding ortho intramolecular Hbond substituents is 1. The van der Waals surface area contributed by atoms with Gasteiger partial charge in [-0.3, -0.25) is 14.5 Å². The van der Waals surface area contributed by atoms with Crippen LogP contribution in [-0.4, -0.2) is 57.9 Å². The van der Waals surface area contributed by atoms with E-state index in [0.29, 0.717) is 25.3 Å². The first-order valence-corrected chi connectivity index (χ1v) is 14.7. The lowest BCUT2D eigenvalue weighted by Crippen LogP contribution is -2.73. The number of piperazine rings is 1. The van der Waals surface area contributed by atoms with Crippen molar-refractivity contribution in [3.05, 3.63) is 54.1 Å². The summed E-state index contributed by atoms with van der Waals surface area (Å²) < 4.78 is 0. The molecule has 3 aliphatic rings. The molecule has 2 aromatic rings. The molecule has 2 aliphatic heterocycles. The van der Waals surface area contributed by atoms with Crippen molar-refractivity contribution in [3.63, 3.8) is 0 Å². The molecule has 0 unspecified atom stereocenters. The molecule has 0 aromatic heterocycles. The molecule has 204 valence electrons. The Labute approximate surface area is 227 Å². The van der Waals surface area contributed by atoms with Gasteiger partial charge in [-0.15, -0.1) is 0 Å². The fourth-order valence-corrected chi connectivity index (χ4v) is 6.80. The number of hydrogen-bond donors (Lipinski definition) is 2. The van der Waals surface area contributed by atoms with Gasteiger partial charge in [0.1, 0.15) is 17.3 Å². The molecule has 2 amide bonds. The molecule has 1 aliphatic carbocycles. The van der Waals surface area contributed by atoms with Gasteiger partial charge in [-0.1, -0.05) is 75.8 Å². The van der Waals surface area contributed by atoms with Gasteiger partial charge in [0.15, 0.2) is 0 Å². The van der Waals surface area contributed by atoms with Gasteiger partial charge >= 0.3 is 0 Å². The Morgan fingerprint density at radius 3 is 2.39 bits per heavy atom. The van der Waals surface area contributed by atoms with Crippen LogP contribution in [0.1, 0.15) is 76.7 Å². The van der Waals surface area contributed by atoms with Gasteiger partial charge in [-0.2, -0.15) is 0 Å². The highest BCUT2D eigenvalue weighted by Gasteiger charge is 2.53. The summed E-state index contributed by atoms with van der Waals surface area (Å²) in [4.78, 5) is 31.9. The third-order valence-corrected chi connectivity index (χ3v) is 9.03. The Morgan fingerprint density at radius 1 is 0.974 bits per heavy atom. The molecule has 0 radical (unpaired) electrons. The number of unbranched alkanes of at least 4 members (excludes halogenated alkanes) is 1. The maximum atomic E-state index is 13.8. The van der Waals surface area contributed by atoms with Crippen molar-refractivity contribution in [2.75, 3.05) is 19.6 Å². The van der Waals surface area contributed by atoms with Crippen molar-refractivity contribution >= 4 is 11.8 Å². The van der Waals surface area contributed by atoms with Gasteiger partial charge < -0.3 is 15.3 Å². The highest BCUT2D eigenvalue weighted by atomic mass is 16.3. The van der Waals surface area contributed by atoms with Gasteiger partial charge in [-0.25, -0.2) is 0 Å². The number of phenols is 1. The quantitative estimate of drug-likeness (QED) is 0.486. The molecule has 6 nitrogen and oxygen atoms in total. The maximum Gasteiger partial charge on any atom is 0.246 e. The number of benzene rings is 2. The van der Waals surface area contributed by atoms with Crippen LogP contribution in [0, 0.1) is 5.92 Å². The third-order valence-electron chi connectivity index (χ3n) is 9.03. The highest BCUT2D eigenvalue weighted by molar-refractivity contribution is 6.00. The van der Waals surface area contributed by atoms with E-state index < -0.39 is 5.54 Å². The molecule has 1 saturated carbocycles. The molecule has 2 saturated heterocycles. The number of carbonyl (C=O) groups is 2. The zero-order valence-corrected chi connectivity index (χ0v) is 22.8. The standard InChI is InChI=1S/C32H43N3O3/c1-2-3-17-35-30(37)29(21-24-9-5-4-6-10-24)33-31(38)32(35)15-18-34(19-16-32)23-25-11-7-12-26(20-25)27-13-8-14-28(36)22-27/h7-8,11-14,20,22,24,29,36H,2-6,9-10,15-19,21,23H2,1H3,(H,33,38)/t29-/m0/s1. The fourth-order valence-electron chi connectivity index (χ4n) is 6.80. The van der Waals surface area contributed by atoms with Crippen molar-refractivity contribution in [2.24, 2.45) is 5.92 Å². The minimum absolute atomic E-state index is 0.0690. The van der Waals surface area contributed by atoms with Crippen molar-refractivity contribution < 1.29 is 14.7 Å². The lowest BCUT2D eigenvalue weighted by atomic mass is 9.79. The topological polar surface area (TPSA) is 72.9 Å². The van der Waals surface area contributed by atoms with Crippen LogP contribution in [-0.2, 0) is 16.1 Å². The van der Waals surface area contributed by atoms with Crippen LogP contribution >= 0.6 is 0 Å². The maximum absolute atomic E-state index is 13.8. The molecule has 2 heterocycles. The molecule has 1 spiro atoms. The minimum atomic E-state index is -0.713. The summed E-state index contributed by atoms with van der Waals surface area (Å²) >= 11 is 0. The molecule has 3 fully saturated rings. The van der Waals surface area contributed by atoms with Gasteiger partial charge in [0.25, 0.3) is 0 Å². The Morgan fingerprint density at radius 2 is 1.68 bits per heavy atom. The molecule has 2 aromatic carbocycles. The average Bonchev–Trinajstić information content (AvgIpc) is 2.94. The number of carbonyl (C=O) groups excluding carboxylic acids is 2. The van der Waals surface area contributed by atoms with Gasteiger partial charge in [0.05, 0.1) is 0 Å². The monoisotopic (exact) mass is 517 g/mol. The van der Waals surface area contributed by atoms with Gasteiger partial charge in [0.2, 0.25) is 11.8 Å². The number of nitrogens with one attached hydrogen (secondary N) is 1. The van der Waals surface area contributed by atoms with Crippen LogP contribution in [0.3, 0.4) is 0 Å². The first-order chi connectivity index (χ1) is 18.5. The largest absolute Gasteiger partial charge is 0.508 e. The zero-order valence-electron chi connectivity index (χ0n) is 22.8. The van der Waals surface area contributed by atoms with Crippen molar-refractivity contribution in [1.82, 2.24) is 15.1 Å². The molecule has 6 heteroatoms. The van der Waals surface area contributed by atoms with E-state index in [1.165, 1.54) is 37.7 Å². The Hall–Kier alpha value is -2.86. The fraction of sp³-hybridized carbons (Fsp3) is 0.562. The summed E-state index contributed by atoms with van der Waals surface area (Å²) in [5.41, 5.74) is 2.58. The average molecular weight is 518 g/mol. The SMILES string of the molecule is CCCCN1C(=O)[C@H](CC2CCCCC2)NC(=O)C12CCN(Cc1cccc(-c3cccc(O)c3)c1)CC2. The number of rotatable bonds is 8. The van der Waals surface area contributed by atoms with E-state index in [9.17, 15) is 14.7 Å². The smallest absolute Gasteiger partial charge is 0.246 e. The summed E-state index contributed by atoms with van der Waals surface area (Å²) in [7, 11) is 0. The number of likely N-dealkylation sites (tertiary alicyclic amines) is 1. The van der Waals surface area contributed by atoms with E-state index in [4.69, 9.17) is 0 Å². The van der Waals surface area contributed by atoms with Crippen LogP contribution in [0.15, 0.2) is 48.5 Å². The van der Waals surface area contributed by atoms with Gasteiger partial charge in [-0.05, 0) is 66.5 Å². The third kappa shape index (κ3) is 5.75. The lowest BCUT2D eigenvalue weighted by molar-refractivity contribution is -0.162. The number of hydrogen-bond acceptors (Lipinski definition) is 4.